The molecule has 2 heteroatoms. The van der Waals surface area contributed by atoms with Gasteiger partial charge in [-0.15, -0.1) is 11.8 Å². The number of hydrogen-bond donors (Lipinski definition) is 0. The first-order valence-electron chi connectivity index (χ1n) is 5.82. The Morgan fingerprint density at radius 2 is 2.07 bits per heavy atom. The van der Waals surface area contributed by atoms with Crippen molar-refractivity contribution < 1.29 is 4.74 Å². The zero-order chi connectivity index (χ0) is 10.2. The predicted octanol–water partition coefficient (Wildman–Crippen LogP) is 3.68. The van der Waals surface area contributed by atoms with Gasteiger partial charge >= 0.3 is 0 Å². The van der Waals surface area contributed by atoms with Crippen LogP contribution in [0.15, 0.2) is 0 Å². The molecule has 0 unspecified atom stereocenters. The summed E-state index contributed by atoms with van der Waals surface area (Å²) >= 11 is 2.08. The van der Waals surface area contributed by atoms with Crippen molar-refractivity contribution >= 4 is 11.8 Å². The highest BCUT2D eigenvalue weighted by molar-refractivity contribution is 8.00. The Balaban J connectivity index is 2.03. The fraction of sp³-hybridized carbons (Fsp3) is 1.00. The van der Waals surface area contributed by atoms with E-state index in [0.29, 0.717) is 5.41 Å². The Hall–Kier alpha value is 0.310. The van der Waals surface area contributed by atoms with Crippen molar-refractivity contribution in [2.45, 2.75) is 51.4 Å². The van der Waals surface area contributed by atoms with E-state index < -0.39 is 0 Å². The second-order valence-corrected chi connectivity index (χ2v) is 6.97. The van der Waals surface area contributed by atoms with Crippen LogP contribution in [0.1, 0.15) is 46.5 Å². The average Bonchev–Trinajstić information content (AvgIpc) is 2.15. The minimum Gasteiger partial charge on any atom is -0.363 e. The molecule has 2 fully saturated rings. The van der Waals surface area contributed by atoms with Crippen LogP contribution in [0.2, 0.25) is 0 Å². The summed E-state index contributed by atoms with van der Waals surface area (Å²) in [5.74, 6) is 2.01. The molecule has 82 valence electrons. The number of thioether (sulfide) groups is 1. The molecule has 0 aromatic heterocycles. The highest BCUT2D eigenvalue weighted by Gasteiger charge is 2.44. The maximum atomic E-state index is 6.20. The van der Waals surface area contributed by atoms with Gasteiger partial charge in [-0.05, 0) is 30.6 Å². The molecule has 1 saturated carbocycles. The second-order valence-electron chi connectivity index (χ2n) is 5.70. The van der Waals surface area contributed by atoms with Crippen LogP contribution in [-0.2, 0) is 4.74 Å². The largest absolute Gasteiger partial charge is 0.363 e. The Morgan fingerprint density at radius 3 is 2.64 bits per heavy atom. The maximum absolute atomic E-state index is 6.20. The van der Waals surface area contributed by atoms with E-state index >= 15 is 0 Å². The summed E-state index contributed by atoms with van der Waals surface area (Å²) in [5.41, 5.74) is 0.382. The zero-order valence-corrected chi connectivity index (χ0v) is 10.5. The van der Waals surface area contributed by atoms with Crippen molar-refractivity contribution in [3.8, 4) is 0 Å². The van der Waals surface area contributed by atoms with Gasteiger partial charge in [0.1, 0.15) is 4.93 Å². The van der Waals surface area contributed by atoms with Gasteiger partial charge in [0.25, 0.3) is 0 Å². The average molecular weight is 214 g/mol. The Morgan fingerprint density at radius 1 is 1.29 bits per heavy atom. The monoisotopic (exact) mass is 214 g/mol. The topological polar surface area (TPSA) is 9.23 Å². The molecule has 1 heterocycles. The minimum absolute atomic E-state index is 0.188. The van der Waals surface area contributed by atoms with Crippen LogP contribution in [-0.4, -0.2) is 17.3 Å². The second kappa shape index (κ2) is 3.71. The molecule has 0 N–H and O–H groups in total. The van der Waals surface area contributed by atoms with E-state index in [2.05, 4.69) is 32.5 Å². The molecule has 2 aliphatic rings. The molecular formula is C12H22OS. The molecule has 1 spiro atoms. The third kappa shape index (κ3) is 1.96. The lowest BCUT2D eigenvalue weighted by Gasteiger charge is -2.48. The van der Waals surface area contributed by atoms with Crippen LogP contribution in [0.4, 0.5) is 0 Å². The van der Waals surface area contributed by atoms with Crippen molar-refractivity contribution in [2.24, 2.45) is 11.3 Å². The summed E-state index contributed by atoms with van der Waals surface area (Å²) in [4.78, 5) is 0.188. The molecule has 1 saturated heterocycles. The lowest BCUT2D eigenvalue weighted by atomic mass is 9.86. The molecule has 1 nitrogen and oxygen atoms in total. The lowest BCUT2D eigenvalue weighted by molar-refractivity contribution is -0.0702. The van der Waals surface area contributed by atoms with Gasteiger partial charge in [0.2, 0.25) is 0 Å². The third-order valence-corrected chi connectivity index (χ3v) is 5.72. The summed E-state index contributed by atoms with van der Waals surface area (Å²) in [6.07, 6.45) is 5.39. The molecule has 1 aliphatic heterocycles. The Bertz CT molecular complexity index is 202. The van der Waals surface area contributed by atoms with Crippen molar-refractivity contribution in [1.29, 1.82) is 0 Å². The summed E-state index contributed by atoms with van der Waals surface area (Å²) in [7, 11) is 0. The highest BCUT2D eigenvalue weighted by atomic mass is 32.2. The maximum Gasteiger partial charge on any atom is 0.116 e. The van der Waals surface area contributed by atoms with Crippen molar-refractivity contribution in [1.82, 2.24) is 0 Å². The van der Waals surface area contributed by atoms with Gasteiger partial charge in [0.15, 0.2) is 0 Å². The number of hydrogen-bond acceptors (Lipinski definition) is 2. The molecule has 2 atom stereocenters. The Kier molecular flexibility index (Phi) is 2.87. The molecule has 0 amide bonds. The Labute approximate surface area is 92.0 Å². The molecule has 0 radical (unpaired) electrons. The molecular weight excluding hydrogens is 192 g/mol. The van der Waals surface area contributed by atoms with E-state index in [1.54, 1.807) is 0 Å². The van der Waals surface area contributed by atoms with Gasteiger partial charge in [-0.1, -0.05) is 27.2 Å². The van der Waals surface area contributed by atoms with Gasteiger partial charge in [-0.2, -0.15) is 0 Å². The quantitative estimate of drug-likeness (QED) is 0.608. The van der Waals surface area contributed by atoms with Crippen molar-refractivity contribution in [2.75, 3.05) is 12.4 Å². The van der Waals surface area contributed by atoms with Crippen molar-refractivity contribution in [3.05, 3.63) is 0 Å². The standard InChI is InChI=1S/C12H22OS/c1-10-6-4-5-7-12(10)13-8-11(2,3)9-14-12/h10H,4-9H2,1-3H3/t10-,12-/m1/s1. The van der Waals surface area contributed by atoms with Gasteiger partial charge in [0.05, 0.1) is 6.61 Å². The van der Waals surface area contributed by atoms with Crippen LogP contribution in [0, 0.1) is 11.3 Å². The van der Waals surface area contributed by atoms with Crippen LogP contribution < -0.4 is 0 Å². The fourth-order valence-corrected chi connectivity index (χ4v) is 3.99. The molecule has 2 rings (SSSR count). The van der Waals surface area contributed by atoms with Gasteiger partial charge < -0.3 is 4.74 Å². The summed E-state index contributed by atoms with van der Waals surface area (Å²) in [5, 5.41) is 0. The van der Waals surface area contributed by atoms with Crippen LogP contribution in [0.25, 0.3) is 0 Å². The first kappa shape index (κ1) is 10.8. The predicted molar refractivity (Wildman–Crippen MR) is 62.6 cm³/mol. The fourth-order valence-electron chi connectivity index (χ4n) is 2.44. The SMILES string of the molecule is C[C@@H]1CCCC[C@]12OCC(C)(C)CS2. The van der Waals surface area contributed by atoms with Gasteiger partial charge in [0, 0.05) is 5.75 Å². The van der Waals surface area contributed by atoms with E-state index in [4.69, 9.17) is 4.74 Å². The first-order valence-corrected chi connectivity index (χ1v) is 6.81. The third-order valence-electron chi connectivity index (χ3n) is 3.58. The highest BCUT2D eigenvalue weighted by Crippen LogP contribution is 2.50. The van der Waals surface area contributed by atoms with Gasteiger partial charge in [-0.3, -0.25) is 0 Å². The van der Waals surface area contributed by atoms with Gasteiger partial charge in [-0.25, -0.2) is 0 Å². The summed E-state index contributed by atoms with van der Waals surface area (Å²) in [6.45, 7) is 7.93. The number of ether oxygens (including phenoxy) is 1. The number of rotatable bonds is 0. The van der Waals surface area contributed by atoms with Crippen molar-refractivity contribution in [3.63, 3.8) is 0 Å². The van der Waals surface area contributed by atoms with E-state index in [9.17, 15) is 0 Å². The summed E-state index contributed by atoms with van der Waals surface area (Å²) in [6, 6.07) is 0. The smallest absolute Gasteiger partial charge is 0.116 e. The molecule has 0 aromatic carbocycles. The minimum atomic E-state index is 0.188. The summed E-state index contributed by atoms with van der Waals surface area (Å²) < 4.78 is 6.20. The van der Waals surface area contributed by atoms with Crippen LogP contribution >= 0.6 is 11.8 Å². The van der Waals surface area contributed by atoms with Crippen LogP contribution in [0.5, 0.6) is 0 Å². The molecule has 0 bridgehead atoms. The molecule has 0 aromatic rings. The zero-order valence-electron chi connectivity index (χ0n) is 9.64. The van der Waals surface area contributed by atoms with E-state index in [1.807, 2.05) is 0 Å². The van der Waals surface area contributed by atoms with E-state index in [1.165, 1.54) is 31.4 Å². The molecule has 14 heavy (non-hydrogen) atoms. The molecule has 1 aliphatic carbocycles. The van der Waals surface area contributed by atoms with E-state index in [-0.39, 0.29) is 4.93 Å². The first-order chi connectivity index (χ1) is 6.54. The van der Waals surface area contributed by atoms with E-state index in [0.717, 1.165) is 12.5 Å². The normalized spacial score (nSPS) is 42.6. The van der Waals surface area contributed by atoms with Crippen LogP contribution in [0.3, 0.4) is 0 Å². The lowest BCUT2D eigenvalue weighted by Crippen LogP contribution is -2.46.